The topological polar surface area (TPSA) is 96.7 Å². The van der Waals surface area contributed by atoms with Crippen molar-refractivity contribution >= 4 is 17.2 Å². The average molecular weight is 329 g/mol. The summed E-state index contributed by atoms with van der Waals surface area (Å²) in [5.41, 5.74) is 1.21. The quantitative estimate of drug-likeness (QED) is 0.750. The predicted octanol–water partition coefficient (Wildman–Crippen LogP) is 2.64. The number of carbonyl (C=O) groups is 1. The number of hydrogen-bond acceptors (Lipinski definition) is 6. The molecule has 0 unspecified atom stereocenters. The second kappa shape index (κ2) is 5.62. The van der Waals surface area contributed by atoms with E-state index in [4.69, 9.17) is 4.42 Å². The van der Waals surface area contributed by atoms with Crippen LogP contribution in [0.4, 0.5) is 0 Å². The molecule has 118 valence electrons. The summed E-state index contributed by atoms with van der Waals surface area (Å²) in [5.74, 6) is 2.39. The molecule has 1 fully saturated rings. The summed E-state index contributed by atoms with van der Waals surface area (Å²) in [6, 6.07) is 1.69. The van der Waals surface area contributed by atoms with E-state index in [0.29, 0.717) is 29.6 Å². The molecule has 3 aromatic rings. The normalized spacial score (nSPS) is 14.1. The molecule has 1 aliphatic rings. The monoisotopic (exact) mass is 329 g/mol. The standard InChI is InChI=1S/C15H15N5O2S/c1-8-17-11(7-23-8)12-4-10(6-22-12)15(21)16-5-13-18-14(20-19-13)9-2-3-9/h4,6-7,9H,2-3,5H2,1H3,(H,16,21)(H,18,19,20). The number of furan rings is 1. The van der Waals surface area contributed by atoms with Gasteiger partial charge in [-0.15, -0.1) is 11.3 Å². The average Bonchev–Trinajstić information content (AvgIpc) is 2.96. The van der Waals surface area contributed by atoms with Gasteiger partial charge in [0.1, 0.15) is 17.8 Å². The Bertz CT molecular complexity index is 846. The Labute approximate surface area is 136 Å². The fourth-order valence-electron chi connectivity index (χ4n) is 2.25. The highest BCUT2D eigenvalue weighted by Crippen LogP contribution is 2.37. The van der Waals surface area contributed by atoms with Crippen molar-refractivity contribution in [1.82, 2.24) is 25.5 Å². The van der Waals surface area contributed by atoms with E-state index in [1.54, 1.807) is 17.4 Å². The van der Waals surface area contributed by atoms with Crippen molar-refractivity contribution in [3.63, 3.8) is 0 Å². The Balaban J connectivity index is 1.39. The number of thiazole rings is 1. The lowest BCUT2D eigenvalue weighted by Gasteiger charge is -1.99. The van der Waals surface area contributed by atoms with Gasteiger partial charge in [-0.3, -0.25) is 9.89 Å². The van der Waals surface area contributed by atoms with Gasteiger partial charge >= 0.3 is 0 Å². The number of amides is 1. The number of aromatic amines is 1. The zero-order valence-corrected chi connectivity index (χ0v) is 13.3. The summed E-state index contributed by atoms with van der Waals surface area (Å²) in [7, 11) is 0. The molecule has 7 nitrogen and oxygen atoms in total. The van der Waals surface area contributed by atoms with Crippen LogP contribution in [0.2, 0.25) is 0 Å². The maximum atomic E-state index is 12.2. The lowest BCUT2D eigenvalue weighted by atomic mass is 10.2. The first-order chi connectivity index (χ1) is 11.2. The maximum absolute atomic E-state index is 12.2. The summed E-state index contributed by atoms with van der Waals surface area (Å²) < 4.78 is 5.43. The van der Waals surface area contributed by atoms with E-state index in [0.717, 1.165) is 29.4 Å². The Morgan fingerprint density at radius 3 is 3.09 bits per heavy atom. The molecule has 0 atom stereocenters. The fraction of sp³-hybridized carbons (Fsp3) is 0.333. The van der Waals surface area contributed by atoms with Crippen molar-refractivity contribution in [1.29, 1.82) is 0 Å². The van der Waals surface area contributed by atoms with Crippen LogP contribution in [0, 0.1) is 6.92 Å². The van der Waals surface area contributed by atoms with E-state index in [9.17, 15) is 4.79 Å². The summed E-state index contributed by atoms with van der Waals surface area (Å²) >= 11 is 1.54. The Morgan fingerprint density at radius 1 is 1.48 bits per heavy atom. The first-order valence-electron chi connectivity index (χ1n) is 7.39. The minimum absolute atomic E-state index is 0.212. The predicted molar refractivity (Wildman–Crippen MR) is 84.1 cm³/mol. The SMILES string of the molecule is Cc1nc(-c2cc(C(=O)NCc3nc(C4CC4)n[nH]3)co2)cs1. The van der Waals surface area contributed by atoms with Crippen LogP contribution >= 0.6 is 11.3 Å². The van der Waals surface area contributed by atoms with Gasteiger partial charge in [-0.1, -0.05) is 0 Å². The second-order valence-electron chi connectivity index (χ2n) is 5.55. The number of nitrogens with zero attached hydrogens (tertiary/aromatic N) is 3. The molecular weight excluding hydrogens is 314 g/mol. The molecule has 1 saturated carbocycles. The van der Waals surface area contributed by atoms with E-state index in [1.165, 1.54) is 6.26 Å². The van der Waals surface area contributed by atoms with Crippen LogP contribution in [0.5, 0.6) is 0 Å². The molecule has 2 N–H and O–H groups in total. The fourth-order valence-corrected chi connectivity index (χ4v) is 2.85. The molecule has 3 aromatic heterocycles. The third-order valence-corrected chi connectivity index (χ3v) is 4.41. The zero-order chi connectivity index (χ0) is 15.8. The third kappa shape index (κ3) is 3.02. The lowest BCUT2D eigenvalue weighted by Crippen LogP contribution is -2.22. The largest absolute Gasteiger partial charge is 0.462 e. The van der Waals surface area contributed by atoms with Gasteiger partial charge in [0.25, 0.3) is 5.91 Å². The minimum Gasteiger partial charge on any atom is -0.462 e. The van der Waals surface area contributed by atoms with Crippen molar-refractivity contribution < 1.29 is 9.21 Å². The van der Waals surface area contributed by atoms with Crippen molar-refractivity contribution in [3.05, 3.63) is 39.9 Å². The van der Waals surface area contributed by atoms with Crippen molar-refractivity contribution in [3.8, 4) is 11.5 Å². The van der Waals surface area contributed by atoms with Crippen LogP contribution < -0.4 is 5.32 Å². The molecule has 0 saturated heterocycles. The molecule has 1 amide bonds. The summed E-state index contributed by atoms with van der Waals surface area (Å²) in [6.45, 7) is 2.24. The summed E-state index contributed by atoms with van der Waals surface area (Å²) in [4.78, 5) is 20.9. The number of aromatic nitrogens is 4. The number of nitrogens with one attached hydrogen (secondary N) is 2. The van der Waals surface area contributed by atoms with Gasteiger partial charge in [0.05, 0.1) is 17.1 Å². The van der Waals surface area contributed by atoms with Crippen LogP contribution in [-0.4, -0.2) is 26.1 Å². The van der Waals surface area contributed by atoms with Gasteiger partial charge in [-0.25, -0.2) is 9.97 Å². The highest BCUT2D eigenvalue weighted by Gasteiger charge is 2.27. The highest BCUT2D eigenvalue weighted by atomic mass is 32.1. The molecular formula is C15H15N5O2S. The molecule has 1 aliphatic carbocycles. The van der Waals surface area contributed by atoms with Crippen molar-refractivity contribution in [2.45, 2.75) is 32.2 Å². The number of H-pyrrole nitrogens is 1. The molecule has 3 heterocycles. The Hall–Kier alpha value is -2.48. The van der Waals surface area contributed by atoms with Crippen molar-refractivity contribution in [2.24, 2.45) is 0 Å². The van der Waals surface area contributed by atoms with Gasteiger partial charge in [-0.2, -0.15) is 5.10 Å². The van der Waals surface area contributed by atoms with E-state index in [1.807, 2.05) is 12.3 Å². The highest BCUT2D eigenvalue weighted by molar-refractivity contribution is 7.09. The Morgan fingerprint density at radius 2 is 2.35 bits per heavy atom. The van der Waals surface area contributed by atoms with E-state index >= 15 is 0 Å². The van der Waals surface area contributed by atoms with Gasteiger partial charge in [0, 0.05) is 11.3 Å². The molecule has 0 spiro atoms. The van der Waals surface area contributed by atoms with Crippen LogP contribution in [0.25, 0.3) is 11.5 Å². The molecule has 0 aliphatic heterocycles. The molecule has 0 radical (unpaired) electrons. The number of hydrogen-bond donors (Lipinski definition) is 2. The number of aryl methyl sites for hydroxylation is 1. The van der Waals surface area contributed by atoms with Gasteiger partial charge in [0.15, 0.2) is 11.6 Å². The zero-order valence-electron chi connectivity index (χ0n) is 12.5. The Kier molecular flexibility index (Phi) is 3.45. The van der Waals surface area contributed by atoms with E-state index in [2.05, 4.69) is 25.5 Å². The smallest absolute Gasteiger partial charge is 0.254 e. The second-order valence-corrected chi connectivity index (χ2v) is 6.61. The van der Waals surface area contributed by atoms with Crippen LogP contribution in [0.15, 0.2) is 22.1 Å². The van der Waals surface area contributed by atoms with Gasteiger partial charge in [0.2, 0.25) is 0 Å². The molecule has 23 heavy (non-hydrogen) atoms. The number of rotatable bonds is 5. The van der Waals surface area contributed by atoms with Crippen molar-refractivity contribution in [2.75, 3.05) is 0 Å². The van der Waals surface area contributed by atoms with E-state index < -0.39 is 0 Å². The summed E-state index contributed by atoms with van der Waals surface area (Å²) in [5, 5.41) is 12.7. The molecule has 0 bridgehead atoms. The molecule has 4 rings (SSSR count). The van der Waals surface area contributed by atoms with E-state index in [-0.39, 0.29) is 5.91 Å². The van der Waals surface area contributed by atoms with Gasteiger partial charge < -0.3 is 9.73 Å². The lowest BCUT2D eigenvalue weighted by molar-refractivity contribution is 0.0949. The molecule has 8 heteroatoms. The number of carbonyl (C=O) groups excluding carboxylic acids is 1. The minimum atomic E-state index is -0.212. The first kappa shape index (κ1) is 14.1. The van der Waals surface area contributed by atoms with Crippen LogP contribution in [0.3, 0.4) is 0 Å². The van der Waals surface area contributed by atoms with Gasteiger partial charge in [-0.05, 0) is 25.8 Å². The third-order valence-electron chi connectivity index (χ3n) is 3.64. The first-order valence-corrected chi connectivity index (χ1v) is 8.27. The summed E-state index contributed by atoms with van der Waals surface area (Å²) in [6.07, 6.45) is 3.74. The van der Waals surface area contributed by atoms with Crippen LogP contribution in [-0.2, 0) is 6.54 Å². The van der Waals surface area contributed by atoms with Crippen LogP contribution in [0.1, 0.15) is 45.8 Å². The maximum Gasteiger partial charge on any atom is 0.254 e. The molecule has 0 aromatic carbocycles.